The zero-order valence-corrected chi connectivity index (χ0v) is 19.0. The van der Waals surface area contributed by atoms with Crippen molar-refractivity contribution in [2.24, 2.45) is 16.4 Å². The number of nitrogens with zero attached hydrogens (tertiary/aromatic N) is 1. The molecule has 0 bridgehead atoms. The summed E-state index contributed by atoms with van der Waals surface area (Å²) < 4.78 is 2.80. The molecule has 6 heteroatoms. The van der Waals surface area contributed by atoms with Gasteiger partial charge in [-0.25, -0.2) is 0 Å². The lowest BCUT2D eigenvalue weighted by atomic mass is 9.87. The summed E-state index contributed by atoms with van der Waals surface area (Å²) in [6.45, 7) is 3.13. The number of hydrogen-bond donors (Lipinski definition) is 2. The van der Waals surface area contributed by atoms with Crippen molar-refractivity contribution in [1.29, 1.82) is 0 Å². The maximum atomic E-state index is 12.4. The average Bonchev–Trinajstić information content (AvgIpc) is 2.69. The van der Waals surface area contributed by atoms with Gasteiger partial charge in [0.1, 0.15) is 0 Å². The lowest BCUT2D eigenvalue weighted by Crippen LogP contribution is -2.45. The first-order valence-electron chi connectivity index (χ1n) is 11.6. The molecule has 0 aromatic heterocycles. The zero-order chi connectivity index (χ0) is 20.5. The van der Waals surface area contributed by atoms with E-state index in [1.807, 2.05) is 0 Å². The maximum absolute atomic E-state index is 12.4. The first kappa shape index (κ1) is 25.4. The van der Waals surface area contributed by atoms with Crippen molar-refractivity contribution in [2.75, 3.05) is 19.3 Å². The topological polar surface area (TPSA) is 70.6 Å². The van der Waals surface area contributed by atoms with Gasteiger partial charge in [0.05, 0.1) is 6.04 Å². The molecule has 0 aromatic rings. The van der Waals surface area contributed by atoms with Gasteiger partial charge in [0.25, 0.3) is 0 Å². The minimum absolute atomic E-state index is 0.0153. The highest BCUT2D eigenvalue weighted by atomic mass is 32.2. The molecule has 0 radical (unpaired) electrons. The summed E-state index contributed by atoms with van der Waals surface area (Å²) in [5, 5.41) is 6.11. The predicted molar refractivity (Wildman–Crippen MR) is 121 cm³/mol. The first-order chi connectivity index (χ1) is 13.7. The second-order valence-electron chi connectivity index (χ2n) is 8.63. The fraction of sp³-hybridized carbons (Fsp3) is 0.955. The normalized spacial score (nSPS) is 24.9. The molecule has 0 aromatic carbocycles. The van der Waals surface area contributed by atoms with Crippen molar-refractivity contribution in [3.63, 3.8) is 0 Å². The van der Waals surface area contributed by atoms with Gasteiger partial charge in [-0.1, -0.05) is 84.0 Å². The molecular formula is C22H43N3O2S. The van der Waals surface area contributed by atoms with E-state index in [-0.39, 0.29) is 11.9 Å². The maximum Gasteiger partial charge on any atom is 0.238 e. The fourth-order valence-electron chi connectivity index (χ4n) is 4.27. The van der Waals surface area contributed by atoms with Crippen LogP contribution in [0.3, 0.4) is 0 Å². The quantitative estimate of drug-likeness (QED) is 0.407. The number of hydrogen-bond acceptors (Lipinski definition) is 5. The molecule has 0 saturated heterocycles. The van der Waals surface area contributed by atoms with Gasteiger partial charge in [-0.2, -0.15) is 0 Å². The molecule has 1 fully saturated rings. The zero-order valence-electron chi connectivity index (χ0n) is 18.2. The van der Waals surface area contributed by atoms with Crippen LogP contribution in [0.5, 0.6) is 0 Å². The number of likely N-dealkylation sites (N-methyl/N-ethyl adjacent to an activating group) is 1. The number of nitroso groups, excluding NO2 is 1. The van der Waals surface area contributed by atoms with Crippen LogP contribution < -0.4 is 10.6 Å². The van der Waals surface area contributed by atoms with Gasteiger partial charge in [0, 0.05) is 28.8 Å². The van der Waals surface area contributed by atoms with E-state index in [9.17, 15) is 9.70 Å². The summed E-state index contributed by atoms with van der Waals surface area (Å²) >= 11 is 0.899. The van der Waals surface area contributed by atoms with Gasteiger partial charge in [-0.15, -0.1) is 4.91 Å². The Bertz CT molecular complexity index is 409. The third-order valence-corrected chi connectivity index (χ3v) is 6.66. The molecule has 1 saturated carbocycles. The van der Waals surface area contributed by atoms with Crippen LogP contribution in [0.4, 0.5) is 0 Å². The van der Waals surface area contributed by atoms with Crippen LogP contribution in [-0.4, -0.2) is 31.3 Å². The smallest absolute Gasteiger partial charge is 0.238 e. The van der Waals surface area contributed by atoms with Crippen LogP contribution in [0.2, 0.25) is 0 Å². The molecule has 1 aliphatic carbocycles. The van der Waals surface area contributed by atoms with Gasteiger partial charge in [-0.05, 0) is 31.7 Å². The van der Waals surface area contributed by atoms with Gasteiger partial charge in [0.15, 0.2) is 0 Å². The Labute approximate surface area is 177 Å². The van der Waals surface area contributed by atoms with Crippen LogP contribution in [-0.2, 0) is 4.79 Å². The van der Waals surface area contributed by atoms with Gasteiger partial charge in [0.2, 0.25) is 5.91 Å². The molecule has 164 valence electrons. The van der Waals surface area contributed by atoms with Crippen molar-refractivity contribution in [3.05, 3.63) is 4.91 Å². The van der Waals surface area contributed by atoms with Crippen molar-refractivity contribution in [2.45, 2.75) is 103 Å². The molecular weight excluding hydrogens is 370 g/mol. The van der Waals surface area contributed by atoms with E-state index in [4.69, 9.17) is 0 Å². The monoisotopic (exact) mass is 413 g/mol. The van der Waals surface area contributed by atoms with Crippen LogP contribution in [0.25, 0.3) is 0 Å². The molecule has 1 rings (SSSR count). The molecule has 5 nitrogen and oxygen atoms in total. The summed E-state index contributed by atoms with van der Waals surface area (Å²) in [5.74, 6) is 1.65. The Morgan fingerprint density at radius 2 is 1.50 bits per heavy atom. The summed E-state index contributed by atoms with van der Waals surface area (Å²) in [5.41, 5.74) is 0. The average molecular weight is 414 g/mol. The van der Waals surface area contributed by atoms with Crippen LogP contribution in [0.1, 0.15) is 96.8 Å². The van der Waals surface area contributed by atoms with Gasteiger partial charge >= 0.3 is 0 Å². The highest BCUT2D eigenvalue weighted by Gasteiger charge is 2.19. The Morgan fingerprint density at radius 1 is 0.964 bits per heavy atom. The van der Waals surface area contributed by atoms with E-state index < -0.39 is 0 Å². The molecule has 28 heavy (non-hydrogen) atoms. The highest BCUT2D eigenvalue weighted by Crippen LogP contribution is 2.24. The van der Waals surface area contributed by atoms with Gasteiger partial charge in [-0.3, -0.25) is 4.79 Å². The highest BCUT2D eigenvalue weighted by molar-refractivity contribution is 7.97. The van der Waals surface area contributed by atoms with E-state index in [0.29, 0.717) is 11.7 Å². The molecule has 1 amide bonds. The number of carbonyl (C=O) groups is 1. The molecule has 0 heterocycles. The van der Waals surface area contributed by atoms with E-state index in [0.717, 1.165) is 24.4 Å². The fourth-order valence-corrected chi connectivity index (χ4v) is 4.80. The predicted octanol–water partition coefficient (Wildman–Crippen LogP) is 5.83. The third-order valence-electron chi connectivity index (χ3n) is 6.07. The largest absolute Gasteiger partial charge is 0.354 e. The molecule has 2 unspecified atom stereocenters. The number of rotatable bonds is 7. The number of nitrogens with one attached hydrogen (secondary N) is 2. The second kappa shape index (κ2) is 17.3. The summed E-state index contributed by atoms with van der Waals surface area (Å²) in [4.78, 5) is 22.7. The van der Waals surface area contributed by atoms with Crippen molar-refractivity contribution in [1.82, 2.24) is 10.6 Å². The van der Waals surface area contributed by atoms with Gasteiger partial charge < -0.3 is 10.6 Å². The van der Waals surface area contributed by atoms with Crippen LogP contribution >= 0.6 is 11.9 Å². The molecule has 0 aliphatic heterocycles. The lowest BCUT2D eigenvalue weighted by molar-refractivity contribution is -0.122. The Balaban J connectivity index is 2.47. The number of amides is 1. The second-order valence-corrected chi connectivity index (χ2v) is 9.37. The van der Waals surface area contributed by atoms with Crippen molar-refractivity contribution < 1.29 is 4.79 Å². The SMILES string of the molecule is CN[C@@H](CSN=O)C(=O)NCC1CCCCCCCCCCCCCC(C)C1. The van der Waals surface area contributed by atoms with E-state index >= 15 is 0 Å². The van der Waals surface area contributed by atoms with E-state index in [2.05, 4.69) is 22.1 Å². The van der Waals surface area contributed by atoms with Crippen molar-refractivity contribution in [3.8, 4) is 0 Å². The molecule has 1 aliphatic rings. The Morgan fingerprint density at radius 3 is 2.04 bits per heavy atom. The summed E-state index contributed by atoms with van der Waals surface area (Å²) in [6.07, 6.45) is 18.8. The van der Waals surface area contributed by atoms with Crippen LogP contribution in [0.15, 0.2) is 4.58 Å². The van der Waals surface area contributed by atoms with Crippen LogP contribution in [0, 0.1) is 16.7 Å². The minimum Gasteiger partial charge on any atom is -0.354 e. The Hall–Kier alpha value is -0.620. The molecule has 3 atom stereocenters. The first-order valence-corrected chi connectivity index (χ1v) is 12.5. The summed E-state index contributed by atoms with van der Waals surface area (Å²) in [6, 6.07) is -0.355. The van der Waals surface area contributed by atoms with E-state index in [1.165, 1.54) is 89.9 Å². The lowest BCUT2D eigenvalue weighted by Gasteiger charge is -2.23. The number of carbonyl (C=O) groups excluding carboxylic acids is 1. The molecule has 2 N–H and O–H groups in total. The standard InChI is InChI=1S/C22H43N3O2S/c1-19-14-12-10-8-6-4-3-5-7-9-11-13-15-20(16-19)17-24-22(26)21(23-2)18-28-25-27/h19-21,23H,3-18H2,1-2H3,(H,24,26)/t19?,20?,21-/m0/s1. The molecule has 0 spiro atoms. The Kier molecular flexibility index (Phi) is 15.7. The third kappa shape index (κ3) is 12.8. The summed E-state index contributed by atoms with van der Waals surface area (Å²) in [7, 11) is 1.75. The van der Waals surface area contributed by atoms with E-state index in [1.54, 1.807) is 7.05 Å². The minimum atomic E-state index is -0.355. The van der Waals surface area contributed by atoms with Crippen molar-refractivity contribution >= 4 is 17.9 Å².